The Kier molecular flexibility index (Phi) is 7.78. The molecule has 2 N–H and O–H groups in total. The Morgan fingerprint density at radius 3 is 2.58 bits per heavy atom. The molecule has 0 saturated heterocycles. The summed E-state index contributed by atoms with van der Waals surface area (Å²) in [4.78, 5) is 30.3. The van der Waals surface area contributed by atoms with E-state index in [2.05, 4.69) is 10.3 Å². The lowest BCUT2D eigenvalue weighted by atomic mass is 10.1. The molecule has 3 aromatic rings. The van der Waals surface area contributed by atoms with Crippen LogP contribution in [0, 0.1) is 12.7 Å². The number of halogens is 1. The van der Waals surface area contributed by atoms with E-state index < -0.39 is 17.3 Å². The van der Waals surface area contributed by atoms with Crippen molar-refractivity contribution in [3.05, 3.63) is 75.5 Å². The number of nitrogens with zero attached hydrogens (tertiary/aromatic N) is 2. The van der Waals surface area contributed by atoms with Gasteiger partial charge in [-0.2, -0.15) is 0 Å². The van der Waals surface area contributed by atoms with E-state index in [1.54, 1.807) is 31.2 Å². The van der Waals surface area contributed by atoms with Crippen LogP contribution < -0.4 is 20.3 Å². The van der Waals surface area contributed by atoms with Crippen LogP contribution in [-0.4, -0.2) is 41.4 Å². The second-order valence-corrected chi connectivity index (χ2v) is 7.34. The minimum absolute atomic E-state index is 0.106. The molecule has 0 bridgehead atoms. The van der Waals surface area contributed by atoms with Crippen LogP contribution in [0.2, 0.25) is 0 Å². The second kappa shape index (κ2) is 10.7. The Labute approximate surface area is 190 Å². The molecule has 0 atom stereocenters. The van der Waals surface area contributed by atoms with Gasteiger partial charge in [-0.05, 0) is 36.8 Å². The van der Waals surface area contributed by atoms with Crippen LogP contribution in [0.3, 0.4) is 0 Å². The maximum Gasteiger partial charge on any atom is 0.257 e. The number of methoxy groups -OCH3 is 2. The molecule has 33 heavy (non-hydrogen) atoms. The molecule has 0 radical (unpaired) electrons. The molecule has 174 valence electrons. The highest BCUT2D eigenvalue weighted by atomic mass is 19.1. The molecule has 0 unspecified atom stereocenters. The third-order valence-electron chi connectivity index (χ3n) is 5.15. The van der Waals surface area contributed by atoms with Gasteiger partial charge in [0.1, 0.15) is 18.2 Å². The van der Waals surface area contributed by atoms with Crippen LogP contribution >= 0.6 is 0 Å². The standard InChI is InChI=1S/C24H26FN3O5/c1-15-19(9-10-29)24(31)28(23(27-15)17-5-4-6-18(25)12-17)14-22(30)26-13-16-7-8-20(32-2)21(11-16)33-3/h4-8,11-12,29H,9-10,13-14H2,1-3H3,(H,26,30). The fourth-order valence-corrected chi connectivity index (χ4v) is 3.49. The van der Waals surface area contributed by atoms with Gasteiger partial charge in [0.2, 0.25) is 5.91 Å². The Balaban J connectivity index is 1.89. The van der Waals surface area contributed by atoms with Gasteiger partial charge in [-0.15, -0.1) is 0 Å². The molecule has 0 aliphatic rings. The third-order valence-corrected chi connectivity index (χ3v) is 5.15. The lowest BCUT2D eigenvalue weighted by Crippen LogP contribution is -2.35. The van der Waals surface area contributed by atoms with Gasteiger partial charge in [0, 0.05) is 36.4 Å². The molecule has 0 saturated carbocycles. The van der Waals surface area contributed by atoms with E-state index in [1.165, 1.54) is 37.0 Å². The van der Waals surface area contributed by atoms with Crippen molar-refractivity contribution in [3.8, 4) is 22.9 Å². The number of hydrogen-bond acceptors (Lipinski definition) is 6. The average molecular weight is 455 g/mol. The monoisotopic (exact) mass is 455 g/mol. The predicted octanol–water partition coefficient (Wildman–Crippen LogP) is 2.23. The quantitative estimate of drug-likeness (QED) is 0.513. The lowest BCUT2D eigenvalue weighted by Gasteiger charge is -2.16. The van der Waals surface area contributed by atoms with Crippen molar-refractivity contribution in [3.63, 3.8) is 0 Å². The van der Waals surface area contributed by atoms with Gasteiger partial charge in [-0.25, -0.2) is 9.37 Å². The van der Waals surface area contributed by atoms with Crippen molar-refractivity contribution >= 4 is 5.91 Å². The number of nitrogens with one attached hydrogen (secondary N) is 1. The Morgan fingerprint density at radius 1 is 1.15 bits per heavy atom. The summed E-state index contributed by atoms with van der Waals surface area (Å²) in [6, 6.07) is 10.9. The number of rotatable bonds is 9. The number of carbonyl (C=O) groups is 1. The van der Waals surface area contributed by atoms with Crippen LogP contribution in [0.15, 0.2) is 47.3 Å². The normalized spacial score (nSPS) is 10.7. The summed E-state index contributed by atoms with van der Waals surface area (Å²) >= 11 is 0. The maximum atomic E-state index is 13.8. The number of aryl methyl sites for hydroxylation is 1. The highest BCUT2D eigenvalue weighted by Gasteiger charge is 2.18. The molecule has 3 rings (SSSR count). The van der Waals surface area contributed by atoms with Gasteiger partial charge in [-0.1, -0.05) is 18.2 Å². The summed E-state index contributed by atoms with van der Waals surface area (Å²) in [5.74, 6) is 0.375. The van der Waals surface area contributed by atoms with Gasteiger partial charge in [0.05, 0.1) is 14.2 Å². The summed E-state index contributed by atoms with van der Waals surface area (Å²) < 4.78 is 25.5. The summed E-state index contributed by atoms with van der Waals surface area (Å²) in [6.07, 6.45) is 0.106. The molecular formula is C24H26FN3O5. The third kappa shape index (κ3) is 5.56. The van der Waals surface area contributed by atoms with Gasteiger partial charge in [-0.3, -0.25) is 14.2 Å². The first-order valence-electron chi connectivity index (χ1n) is 10.3. The molecule has 1 heterocycles. The molecule has 1 aromatic heterocycles. The van der Waals surface area contributed by atoms with Crippen molar-refractivity contribution in [1.29, 1.82) is 0 Å². The minimum atomic E-state index is -0.483. The number of amides is 1. The minimum Gasteiger partial charge on any atom is -0.493 e. The van der Waals surface area contributed by atoms with Crippen LogP contribution in [0.5, 0.6) is 11.5 Å². The van der Waals surface area contributed by atoms with Gasteiger partial charge < -0.3 is 19.9 Å². The van der Waals surface area contributed by atoms with E-state index in [1.807, 2.05) is 0 Å². The summed E-state index contributed by atoms with van der Waals surface area (Å²) in [6.45, 7) is 1.30. The second-order valence-electron chi connectivity index (χ2n) is 7.34. The maximum absolute atomic E-state index is 13.8. The van der Waals surface area contributed by atoms with Crippen molar-refractivity contribution in [1.82, 2.24) is 14.9 Å². The molecule has 0 aliphatic carbocycles. The van der Waals surface area contributed by atoms with Crippen LogP contribution in [-0.2, 0) is 24.3 Å². The molecule has 8 nitrogen and oxygen atoms in total. The lowest BCUT2D eigenvalue weighted by molar-refractivity contribution is -0.121. The number of aliphatic hydroxyl groups is 1. The molecule has 9 heteroatoms. The Morgan fingerprint density at radius 2 is 1.91 bits per heavy atom. The molecule has 1 amide bonds. The zero-order chi connectivity index (χ0) is 24.0. The van der Waals surface area contributed by atoms with E-state index in [0.717, 1.165) is 5.56 Å². The molecule has 0 fully saturated rings. The smallest absolute Gasteiger partial charge is 0.257 e. The van der Waals surface area contributed by atoms with E-state index in [-0.39, 0.29) is 31.9 Å². The van der Waals surface area contributed by atoms with Crippen molar-refractivity contribution < 1.29 is 23.8 Å². The Bertz CT molecular complexity index is 1210. The zero-order valence-electron chi connectivity index (χ0n) is 18.7. The number of carbonyl (C=O) groups excluding carboxylic acids is 1. The highest BCUT2D eigenvalue weighted by molar-refractivity contribution is 5.76. The largest absolute Gasteiger partial charge is 0.493 e. The van der Waals surface area contributed by atoms with E-state index in [4.69, 9.17) is 9.47 Å². The number of aromatic nitrogens is 2. The van der Waals surface area contributed by atoms with E-state index in [9.17, 15) is 19.1 Å². The summed E-state index contributed by atoms with van der Waals surface area (Å²) in [7, 11) is 3.06. The van der Waals surface area contributed by atoms with Gasteiger partial charge >= 0.3 is 0 Å². The first-order valence-corrected chi connectivity index (χ1v) is 10.3. The average Bonchev–Trinajstić information content (AvgIpc) is 2.81. The highest BCUT2D eigenvalue weighted by Crippen LogP contribution is 2.27. The number of hydrogen-bond donors (Lipinski definition) is 2. The van der Waals surface area contributed by atoms with Crippen LogP contribution in [0.1, 0.15) is 16.8 Å². The summed E-state index contributed by atoms with van der Waals surface area (Å²) in [5.41, 5.74) is 1.44. The first-order chi connectivity index (χ1) is 15.9. The fraction of sp³-hybridized carbons (Fsp3) is 0.292. The van der Waals surface area contributed by atoms with Crippen molar-refractivity contribution in [2.24, 2.45) is 0 Å². The number of benzene rings is 2. The van der Waals surface area contributed by atoms with E-state index >= 15 is 0 Å². The Hall–Kier alpha value is -3.72. The van der Waals surface area contributed by atoms with Crippen molar-refractivity contribution in [2.45, 2.75) is 26.4 Å². The topological polar surface area (TPSA) is 103 Å². The summed E-state index contributed by atoms with van der Waals surface area (Å²) in [5, 5.41) is 12.1. The van der Waals surface area contributed by atoms with Crippen LogP contribution in [0.25, 0.3) is 11.4 Å². The molecule has 2 aromatic carbocycles. The van der Waals surface area contributed by atoms with Crippen LogP contribution in [0.4, 0.5) is 4.39 Å². The van der Waals surface area contributed by atoms with E-state index in [0.29, 0.717) is 28.3 Å². The van der Waals surface area contributed by atoms with Gasteiger partial charge in [0.25, 0.3) is 5.56 Å². The van der Waals surface area contributed by atoms with Crippen molar-refractivity contribution in [2.75, 3.05) is 20.8 Å². The first kappa shape index (κ1) is 23.9. The molecular weight excluding hydrogens is 429 g/mol. The molecule has 0 spiro atoms. The fourth-order valence-electron chi connectivity index (χ4n) is 3.49. The number of ether oxygens (including phenoxy) is 2. The van der Waals surface area contributed by atoms with Gasteiger partial charge in [0.15, 0.2) is 11.5 Å². The SMILES string of the molecule is COc1ccc(CNC(=O)Cn2c(-c3cccc(F)c3)nc(C)c(CCO)c2=O)cc1OC. The predicted molar refractivity (Wildman–Crippen MR) is 121 cm³/mol. The zero-order valence-corrected chi connectivity index (χ0v) is 18.7. The number of aliphatic hydroxyl groups excluding tert-OH is 1. The molecule has 0 aliphatic heterocycles.